The summed E-state index contributed by atoms with van der Waals surface area (Å²) in [5, 5.41) is 0. The molecule has 1 fully saturated rings. The van der Waals surface area contributed by atoms with Crippen molar-refractivity contribution in [3.8, 4) is 12.3 Å². The maximum atomic E-state index is 12.8. The summed E-state index contributed by atoms with van der Waals surface area (Å²) in [6, 6.07) is 14.4. The maximum absolute atomic E-state index is 12.8. The fourth-order valence-electron chi connectivity index (χ4n) is 4.56. The Hall–Kier alpha value is -3.03. The molecule has 4 nitrogen and oxygen atoms in total. The Balaban J connectivity index is 0.000000377. The van der Waals surface area contributed by atoms with E-state index in [1.807, 2.05) is 42.2 Å². The number of piperidine rings is 1. The van der Waals surface area contributed by atoms with Crippen LogP contribution in [-0.2, 0) is 27.1 Å². The van der Waals surface area contributed by atoms with Crippen LogP contribution in [-0.4, -0.2) is 43.9 Å². The van der Waals surface area contributed by atoms with Crippen LogP contribution in [0.5, 0.6) is 0 Å². The molecule has 226 valence electrons. The zero-order valence-corrected chi connectivity index (χ0v) is 23.3. The molecule has 1 heterocycles. The summed E-state index contributed by atoms with van der Waals surface area (Å²) in [4.78, 5) is 13.4. The van der Waals surface area contributed by atoms with Gasteiger partial charge >= 0.3 is 18.3 Å². The standard InChI is InChI=1S/C19H23F6NO2.C12H14O/c1-28-17(27)12-13-7-10-26(9-2-8-18(20,21)22)16(11-13)14-3-5-15(6-4-14)19(23,24)25;1-3-11(2)9-13-10-12-7-5-4-6-8-12/h3-6,13,16H,2,7-12H2,1H3;1,4-8,11H,9-10H2,2H3/t13-,16?;/m1./s1. The van der Waals surface area contributed by atoms with Crippen LogP contribution in [0.2, 0.25) is 0 Å². The molecule has 0 amide bonds. The van der Waals surface area contributed by atoms with E-state index >= 15 is 0 Å². The topological polar surface area (TPSA) is 38.8 Å². The number of carbonyl (C=O) groups excluding carboxylic acids is 1. The molecule has 2 aromatic rings. The zero-order valence-electron chi connectivity index (χ0n) is 23.3. The fourth-order valence-corrected chi connectivity index (χ4v) is 4.56. The molecule has 0 spiro atoms. The van der Waals surface area contributed by atoms with Gasteiger partial charge in [-0.25, -0.2) is 0 Å². The molecule has 0 aliphatic carbocycles. The van der Waals surface area contributed by atoms with Gasteiger partial charge in [0.1, 0.15) is 0 Å². The minimum absolute atomic E-state index is 0.0291. The molecule has 41 heavy (non-hydrogen) atoms. The summed E-state index contributed by atoms with van der Waals surface area (Å²) < 4.78 is 85.8. The van der Waals surface area contributed by atoms with Crippen LogP contribution in [0, 0.1) is 24.2 Å². The van der Waals surface area contributed by atoms with Crippen molar-refractivity contribution in [2.45, 2.75) is 64.0 Å². The van der Waals surface area contributed by atoms with Gasteiger partial charge < -0.3 is 9.47 Å². The second-order valence-corrected chi connectivity index (χ2v) is 10.1. The van der Waals surface area contributed by atoms with Crippen LogP contribution < -0.4 is 0 Å². The predicted molar refractivity (Wildman–Crippen MR) is 144 cm³/mol. The zero-order chi connectivity index (χ0) is 30.5. The van der Waals surface area contributed by atoms with Gasteiger partial charge in [-0.05, 0) is 68.5 Å². The van der Waals surface area contributed by atoms with E-state index in [1.54, 1.807) is 0 Å². The molecule has 0 saturated carbocycles. The largest absolute Gasteiger partial charge is 0.469 e. The number of carbonyl (C=O) groups is 1. The van der Waals surface area contributed by atoms with Crippen LogP contribution >= 0.6 is 0 Å². The Labute approximate surface area is 238 Å². The smallest absolute Gasteiger partial charge is 0.416 e. The number of terminal acetylenes is 1. The average Bonchev–Trinajstić information content (AvgIpc) is 2.93. The van der Waals surface area contributed by atoms with Crippen LogP contribution in [0.1, 0.15) is 61.8 Å². The molecule has 0 radical (unpaired) electrons. The lowest BCUT2D eigenvalue weighted by molar-refractivity contribution is -0.143. The lowest BCUT2D eigenvalue weighted by Crippen LogP contribution is -2.38. The Morgan fingerprint density at radius 1 is 1.07 bits per heavy atom. The SMILES string of the molecule is C#CC(C)COCc1ccccc1.COC(=O)C[C@@H]1CCN(CCCC(F)(F)F)C(c2ccc(C(F)(F)F)cc2)C1. The van der Waals surface area contributed by atoms with Gasteiger partial charge in [-0.3, -0.25) is 9.69 Å². The third kappa shape index (κ3) is 13.0. The number of likely N-dealkylation sites (tertiary alicyclic amines) is 1. The number of esters is 1. The Bertz CT molecular complexity index is 1080. The number of hydrogen-bond acceptors (Lipinski definition) is 4. The molecular formula is C31H37F6NO3. The van der Waals surface area contributed by atoms with Crippen LogP contribution in [0.3, 0.4) is 0 Å². The highest BCUT2D eigenvalue weighted by molar-refractivity contribution is 5.69. The molecule has 3 atom stereocenters. The highest BCUT2D eigenvalue weighted by Crippen LogP contribution is 2.38. The van der Waals surface area contributed by atoms with Gasteiger partial charge in [0.05, 0.1) is 25.9 Å². The summed E-state index contributed by atoms with van der Waals surface area (Å²) in [7, 11) is 1.28. The predicted octanol–water partition coefficient (Wildman–Crippen LogP) is 7.84. The number of benzene rings is 2. The molecule has 1 aliphatic heterocycles. The van der Waals surface area contributed by atoms with Crippen molar-refractivity contribution in [1.82, 2.24) is 4.90 Å². The minimum Gasteiger partial charge on any atom is -0.469 e. The van der Waals surface area contributed by atoms with Gasteiger partial charge in [-0.15, -0.1) is 12.3 Å². The fraction of sp³-hybridized carbons (Fsp3) is 0.516. The summed E-state index contributed by atoms with van der Waals surface area (Å²) in [6.07, 6.45) is -3.18. The molecule has 2 aromatic carbocycles. The van der Waals surface area contributed by atoms with Crippen LogP contribution in [0.15, 0.2) is 54.6 Å². The molecule has 10 heteroatoms. The molecular weight excluding hydrogens is 548 g/mol. The normalized spacial score (nSPS) is 18.5. The molecule has 3 rings (SSSR count). The van der Waals surface area contributed by atoms with E-state index in [1.165, 1.54) is 24.8 Å². The van der Waals surface area contributed by atoms with Gasteiger partial charge in [0.2, 0.25) is 0 Å². The first-order valence-corrected chi connectivity index (χ1v) is 13.4. The highest BCUT2D eigenvalue weighted by Gasteiger charge is 2.34. The van der Waals surface area contributed by atoms with Gasteiger partial charge in [0, 0.05) is 24.8 Å². The molecule has 1 aliphatic rings. The summed E-state index contributed by atoms with van der Waals surface area (Å²) in [5.74, 6) is 2.42. The van der Waals surface area contributed by atoms with Crippen molar-refractivity contribution in [3.63, 3.8) is 0 Å². The number of rotatable bonds is 10. The Morgan fingerprint density at radius 3 is 2.29 bits per heavy atom. The van der Waals surface area contributed by atoms with E-state index in [4.69, 9.17) is 11.2 Å². The lowest BCUT2D eigenvalue weighted by Gasteiger charge is -2.40. The first kappa shape index (κ1) is 34.2. The number of hydrogen-bond donors (Lipinski definition) is 0. The van der Waals surface area contributed by atoms with Crippen molar-refractivity contribution in [3.05, 3.63) is 71.3 Å². The molecule has 0 bridgehead atoms. The maximum Gasteiger partial charge on any atom is 0.416 e. The van der Waals surface area contributed by atoms with Crippen molar-refractivity contribution < 1.29 is 40.6 Å². The summed E-state index contributed by atoms with van der Waals surface area (Å²) >= 11 is 0. The molecule has 2 unspecified atom stereocenters. The molecule has 0 aromatic heterocycles. The summed E-state index contributed by atoms with van der Waals surface area (Å²) in [5.41, 5.74) is 1.02. The van der Waals surface area contributed by atoms with E-state index in [9.17, 15) is 31.1 Å². The van der Waals surface area contributed by atoms with Gasteiger partial charge in [-0.2, -0.15) is 26.3 Å². The molecule has 1 saturated heterocycles. The second kappa shape index (κ2) is 16.4. The van der Waals surface area contributed by atoms with Crippen LogP contribution in [0.4, 0.5) is 26.3 Å². The summed E-state index contributed by atoms with van der Waals surface area (Å²) in [6.45, 7) is 3.92. The number of ether oxygens (including phenoxy) is 2. The quantitative estimate of drug-likeness (QED) is 0.162. The minimum atomic E-state index is -4.45. The van der Waals surface area contributed by atoms with E-state index < -0.39 is 24.3 Å². The Morgan fingerprint density at radius 2 is 1.73 bits per heavy atom. The first-order chi connectivity index (χ1) is 19.3. The van der Waals surface area contributed by atoms with Crippen LogP contribution in [0.25, 0.3) is 0 Å². The number of alkyl halides is 6. The van der Waals surface area contributed by atoms with Crippen molar-refractivity contribution in [2.24, 2.45) is 11.8 Å². The first-order valence-electron chi connectivity index (χ1n) is 13.4. The lowest BCUT2D eigenvalue weighted by atomic mass is 9.85. The van der Waals surface area contributed by atoms with E-state index in [-0.39, 0.29) is 43.2 Å². The number of halogens is 6. The van der Waals surface area contributed by atoms with Crippen molar-refractivity contribution in [1.29, 1.82) is 0 Å². The third-order valence-electron chi connectivity index (χ3n) is 6.80. The third-order valence-corrected chi connectivity index (χ3v) is 6.80. The van der Waals surface area contributed by atoms with E-state index in [0.717, 1.165) is 12.1 Å². The van der Waals surface area contributed by atoms with Gasteiger partial charge in [-0.1, -0.05) is 42.5 Å². The average molecular weight is 586 g/mol. The van der Waals surface area contributed by atoms with E-state index in [0.29, 0.717) is 38.2 Å². The van der Waals surface area contributed by atoms with Crippen molar-refractivity contribution in [2.75, 3.05) is 26.8 Å². The van der Waals surface area contributed by atoms with E-state index in [2.05, 4.69) is 10.7 Å². The molecule has 0 N–H and O–H groups in total. The number of nitrogens with zero attached hydrogens (tertiary/aromatic N) is 1. The monoisotopic (exact) mass is 585 g/mol. The second-order valence-electron chi connectivity index (χ2n) is 10.1. The van der Waals surface area contributed by atoms with Gasteiger partial charge in [0.15, 0.2) is 0 Å². The number of methoxy groups -OCH3 is 1. The van der Waals surface area contributed by atoms with Crippen molar-refractivity contribution >= 4 is 5.97 Å². The highest BCUT2D eigenvalue weighted by atomic mass is 19.4. The Kier molecular flexibility index (Phi) is 13.7. The van der Waals surface area contributed by atoms with Gasteiger partial charge in [0.25, 0.3) is 0 Å².